The van der Waals surface area contributed by atoms with Gasteiger partial charge in [0.05, 0.1) is 12.8 Å². The van der Waals surface area contributed by atoms with Crippen LogP contribution in [0.4, 0.5) is 17.3 Å². The van der Waals surface area contributed by atoms with E-state index < -0.39 is 0 Å². The first kappa shape index (κ1) is 17.5. The number of rotatable bonds is 7. The summed E-state index contributed by atoms with van der Waals surface area (Å²) in [5, 5.41) is 6.58. The lowest BCUT2D eigenvalue weighted by molar-refractivity contribution is 0.416. The normalized spacial score (nSPS) is 10.2. The molecule has 1 heterocycles. The molecule has 0 saturated heterocycles. The lowest BCUT2D eigenvalue weighted by atomic mass is 10.2. The largest absolute Gasteiger partial charge is 0.495 e. The number of hydrogen-bond acceptors (Lipinski definition) is 5. The first-order valence-corrected chi connectivity index (χ1v) is 8.40. The fourth-order valence-electron chi connectivity index (χ4n) is 2.55. The second kappa shape index (κ2) is 8.16. The van der Waals surface area contributed by atoms with E-state index in [1.807, 2.05) is 61.5 Å². The first-order chi connectivity index (χ1) is 12.7. The third kappa shape index (κ3) is 4.19. The molecular formula is C21H22N4O. The monoisotopic (exact) mass is 346 g/mol. The van der Waals surface area contributed by atoms with Gasteiger partial charge in [-0.3, -0.25) is 0 Å². The van der Waals surface area contributed by atoms with Crippen molar-refractivity contribution in [3.8, 4) is 17.1 Å². The van der Waals surface area contributed by atoms with Gasteiger partial charge in [-0.1, -0.05) is 42.5 Å². The fourth-order valence-corrected chi connectivity index (χ4v) is 2.55. The van der Waals surface area contributed by atoms with Gasteiger partial charge in [-0.2, -0.15) is 0 Å². The second-order valence-electron chi connectivity index (χ2n) is 5.83. The van der Waals surface area contributed by atoms with Crippen LogP contribution in [0.2, 0.25) is 0 Å². The average molecular weight is 346 g/mol. The van der Waals surface area contributed by atoms with Crippen molar-refractivity contribution >= 4 is 17.3 Å². The third-order valence-corrected chi connectivity index (χ3v) is 3.80. The summed E-state index contributed by atoms with van der Waals surface area (Å²) in [6.45, 7) is 6.40. The molecule has 2 aromatic carbocycles. The maximum Gasteiger partial charge on any atom is 0.163 e. The van der Waals surface area contributed by atoms with Gasteiger partial charge in [0.25, 0.3) is 0 Å². The van der Waals surface area contributed by atoms with Crippen molar-refractivity contribution in [1.29, 1.82) is 0 Å². The van der Waals surface area contributed by atoms with E-state index in [9.17, 15) is 0 Å². The molecule has 0 spiro atoms. The molecule has 0 aliphatic carbocycles. The van der Waals surface area contributed by atoms with E-state index in [0.29, 0.717) is 18.2 Å². The van der Waals surface area contributed by atoms with Gasteiger partial charge in [0.2, 0.25) is 0 Å². The second-order valence-corrected chi connectivity index (χ2v) is 5.83. The molecule has 0 radical (unpaired) electrons. The highest BCUT2D eigenvalue weighted by atomic mass is 16.5. The van der Waals surface area contributed by atoms with Gasteiger partial charge < -0.3 is 15.4 Å². The van der Waals surface area contributed by atoms with Crippen molar-refractivity contribution in [2.75, 3.05) is 24.3 Å². The number of benzene rings is 2. The van der Waals surface area contributed by atoms with E-state index in [1.54, 1.807) is 13.2 Å². The number of anilines is 3. The van der Waals surface area contributed by atoms with Crippen molar-refractivity contribution in [3.05, 3.63) is 72.8 Å². The smallest absolute Gasteiger partial charge is 0.163 e. The number of aromatic nitrogens is 2. The first-order valence-electron chi connectivity index (χ1n) is 8.40. The van der Waals surface area contributed by atoms with Crippen LogP contribution in [0.5, 0.6) is 5.75 Å². The summed E-state index contributed by atoms with van der Waals surface area (Å²) in [5.74, 6) is 2.83. The molecule has 132 valence electrons. The number of nitrogens with zero attached hydrogens (tertiary/aromatic N) is 2. The molecule has 26 heavy (non-hydrogen) atoms. The maximum atomic E-state index is 5.45. The van der Waals surface area contributed by atoms with Gasteiger partial charge >= 0.3 is 0 Å². The molecule has 1 aromatic heterocycles. The van der Waals surface area contributed by atoms with Crippen LogP contribution in [-0.4, -0.2) is 23.6 Å². The van der Waals surface area contributed by atoms with Crippen molar-refractivity contribution in [2.45, 2.75) is 6.92 Å². The molecule has 5 nitrogen and oxygen atoms in total. The minimum atomic E-state index is 0.623. The minimum absolute atomic E-state index is 0.623. The summed E-state index contributed by atoms with van der Waals surface area (Å²) in [5.41, 5.74) is 2.95. The van der Waals surface area contributed by atoms with Crippen LogP contribution in [0, 0.1) is 6.92 Å². The number of aryl methyl sites for hydroxylation is 1. The Hall–Kier alpha value is -3.34. The molecule has 0 aliphatic heterocycles. The third-order valence-electron chi connectivity index (χ3n) is 3.80. The zero-order valence-electron chi connectivity index (χ0n) is 15.0. The van der Waals surface area contributed by atoms with Crippen molar-refractivity contribution in [3.63, 3.8) is 0 Å². The molecule has 3 rings (SSSR count). The zero-order valence-corrected chi connectivity index (χ0v) is 15.0. The summed E-state index contributed by atoms with van der Waals surface area (Å²) >= 11 is 0. The number of methoxy groups -OCH3 is 1. The molecule has 0 amide bonds. The Morgan fingerprint density at radius 1 is 1.04 bits per heavy atom. The van der Waals surface area contributed by atoms with Gasteiger partial charge in [0.1, 0.15) is 17.4 Å². The SMILES string of the molecule is C=CCNc1cc(Nc2cc(C)ccc2OC)nc(-c2ccccc2)n1. The lowest BCUT2D eigenvalue weighted by Crippen LogP contribution is -2.05. The highest BCUT2D eigenvalue weighted by molar-refractivity contribution is 5.69. The average Bonchev–Trinajstić information content (AvgIpc) is 2.67. The summed E-state index contributed by atoms with van der Waals surface area (Å²) in [7, 11) is 1.66. The molecule has 0 atom stereocenters. The summed E-state index contributed by atoms with van der Waals surface area (Å²) in [6.07, 6.45) is 1.79. The Morgan fingerprint density at radius 2 is 1.81 bits per heavy atom. The van der Waals surface area contributed by atoms with Gasteiger partial charge in [-0.15, -0.1) is 6.58 Å². The number of nitrogens with one attached hydrogen (secondary N) is 2. The minimum Gasteiger partial charge on any atom is -0.495 e. The standard InChI is InChI=1S/C21H22N4O/c1-4-12-22-19-14-20(23-17-13-15(2)10-11-18(17)26-3)25-21(24-19)16-8-6-5-7-9-16/h4-11,13-14H,1,12H2,2-3H3,(H2,22,23,24,25). The van der Waals surface area contributed by atoms with Gasteiger partial charge in [-0.05, 0) is 24.6 Å². The van der Waals surface area contributed by atoms with E-state index in [2.05, 4.69) is 27.2 Å². The topological polar surface area (TPSA) is 59.1 Å². The summed E-state index contributed by atoms with van der Waals surface area (Å²) in [4.78, 5) is 9.27. The molecular weight excluding hydrogens is 324 g/mol. The van der Waals surface area contributed by atoms with E-state index >= 15 is 0 Å². The van der Waals surface area contributed by atoms with Crippen molar-refractivity contribution in [1.82, 2.24) is 9.97 Å². The Morgan fingerprint density at radius 3 is 2.54 bits per heavy atom. The Balaban J connectivity index is 2.00. The van der Waals surface area contributed by atoms with Crippen LogP contribution in [0.3, 0.4) is 0 Å². The quantitative estimate of drug-likeness (QED) is 0.602. The Labute approximate surface area is 153 Å². The van der Waals surface area contributed by atoms with E-state index in [4.69, 9.17) is 4.74 Å². The predicted molar refractivity (Wildman–Crippen MR) is 107 cm³/mol. The van der Waals surface area contributed by atoms with Crippen LogP contribution in [0.1, 0.15) is 5.56 Å². The van der Waals surface area contributed by atoms with Gasteiger partial charge in [0, 0.05) is 18.2 Å². The Kier molecular flexibility index (Phi) is 5.49. The zero-order chi connectivity index (χ0) is 18.4. The molecule has 0 unspecified atom stereocenters. The highest BCUT2D eigenvalue weighted by Crippen LogP contribution is 2.29. The van der Waals surface area contributed by atoms with Crippen LogP contribution < -0.4 is 15.4 Å². The number of ether oxygens (including phenoxy) is 1. The molecule has 0 fully saturated rings. The van der Waals surface area contributed by atoms with Crippen LogP contribution in [0.15, 0.2) is 67.3 Å². The molecule has 5 heteroatoms. The molecule has 2 N–H and O–H groups in total. The van der Waals surface area contributed by atoms with E-state index in [1.165, 1.54) is 0 Å². The van der Waals surface area contributed by atoms with Crippen LogP contribution in [0.25, 0.3) is 11.4 Å². The van der Waals surface area contributed by atoms with E-state index in [-0.39, 0.29) is 0 Å². The lowest BCUT2D eigenvalue weighted by Gasteiger charge is -2.14. The van der Waals surface area contributed by atoms with Crippen LogP contribution in [-0.2, 0) is 0 Å². The fraction of sp³-hybridized carbons (Fsp3) is 0.143. The van der Waals surface area contributed by atoms with Gasteiger partial charge in [-0.25, -0.2) is 9.97 Å². The van der Waals surface area contributed by atoms with Crippen LogP contribution >= 0.6 is 0 Å². The maximum absolute atomic E-state index is 5.45. The summed E-state index contributed by atoms with van der Waals surface area (Å²) in [6, 6.07) is 17.7. The van der Waals surface area contributed by atoms with E-state index in [0.717, 1.165) is 28.4 Å². The molecule has 0 aliphatic rings. The van der Waals surface area contributed by atoms with Crippen molar-refractivity contribution in [2.24, 2.45) is 0 Å². The van der Waals surface area contributed by atoms with Gasteiger partial charge in [0.15, 0.2) is 5.82 Å². The predicted octanol–water partition coefficient (Wildman–Crippen LogP) is 4.80. The highest BCUT2D eigenvalue weighted by Gasteiger charge is 2.09. The molecule has 0 bridgehead atoms. The Bertz CT molecular complexity index is 894. The number of hydrogen-bond donors (Lipinski definition) is 2. The van der Waals surface area contributed by atoms with Crippen molar-refractivity contribution < 1.29 is 4.74 Å². The molecule has 3 aromatic rings. The molecule has 0 saturated carbocycles. The summed E-state index contributed by atoms with van der Waals surface area (Å²) < 4.78 is 5.45.